The van der Waals surface area contributed by atoms with Crippen molar-refractivity contribution in [3.05, 3.63) is 106 Å². The summed E-state index contributed by atoms with van der Waals surface area (Å²) in [6.07, 6.45) is -3.57. The summed E-state index contributed by atoms with van der Waals surface area (Å²) < 4.78 is 77.3. The molecule has 6 rings (SSSR count). The van der Waals surface area contributed by atoms with Crippen molar-refractivity contribution in [2.24, 2.45) is 7.05 Å². The quantitative estimate of drug-likeness (QED) is 0.229. The fraction of sp³-hybridized carbons (Fsp3) is 0.235. The van der Waals surface area contributed by atoms with Gasteiger partial charge in [-0.2, -0.15) is 13.2 Å². The number of fused-ring (bicyclic) bond motifs is 2. The summed E-state index contributed by atoms with van der Waals surface area (Å²) >= 11 is 0. The summed E-state index contributed by atoms with van der Waals surface area (Å²) in [5.74, 6) is -5.84. The van der Waals surface area contributed by atoms with E-state index >= 15 is 8.78 Å². The van der Waals surface area contributed by atoms with E-state index in [9.17, 15) is 32.7 Å². The third-order valence-corrected chi connectivity index (χ3v) is 8.40. The van der Waals surface area contributed by atoms with Crippen LogP contribution in [0.1, 0.15) is 15.9 Å². The van der Waals surface area contributed by atoms with Crippen LogP contribution in [0, 0.1) is 11.6 Å². The molecular formula is C34H27F5N4O5. The van der Waals surface area contributed by atoms with Gasteiger partial charge in [-0.1, -0.05) is 36.4 Å². The van der Waals surface area contributed by atoms with Crippen LogP contribution in [-0.2, 0) is 23.0 Å². The molecule has 2 N–H and O–H groups in total. The highest BCUT2D eigenvalue weighted by molar-refractivity contribution is 5.99. The number of benzene rings is 3. The Hall–Kier alpha value is -5.37. The molecule has 0 spiro atoms. The van der Waals surface area contributed by atoms with Crippen LogP contribution in [0.15, 0.2) is 77.7 Å². The first-order valence-corrected chi connectivity index (χ1v) is 14.7. The van der Waals surface area contributed by atoms with E-state index in [0.717, 1.165) is 15.8 Å². The van der Waals surface area contributed by atoms with Gasteiger partial charge in [-0.15, -0.1) is 0 Å². The molecule has 1 aliphatic heterocycles. The van der Waals surface area contributed by atoms with Gasteiger partial charge in [0.15, 0.2) is 0 Å². The topological polar surface area (TPSA) is 114 Å². The molecule has 9 nitrogen and oxygen atoms in total. The number of rotatable bonds is 7. The van der Waals surface area contributed by atoms with Crippen LogP contribution in [0.5, 0.6) is 0 Å². The molecule has 2 atom stereocenters. The zero-order valence-electron chi connectivity index (χ0n) is 25.2. The number of nitrogens with one attached hydrogen (secondary N) is 1. The largest absolute Gasteiger partial charge is 0.480 e. The molecule has 0 bridgehead atoms. The minimum atomic E-state index is -4.75. The second-order valence-electron chi connectivity index (χ2n) is 11.3. The van der Waals surface area contributed by atoms with E-state index in [-0.39, 0.29) is 25.1 Å². The number of halogens is 5. The molecule has 1 amide bonds. The van der Waals surface area contributed by atoms with Gasteiger partial charge in [0.05, 0.1) is 24.2 Å². The van der Waals surface area contributed by atoms with E-state index in [0.29, 0.717) is 39.7 Å². The Morgan fingerprint density at radius 2 is 1.77 bits per heavy atom. The number of morpholine rings is 1. The molecular weight excluding hydrogens is 639 g/mol. The van der Waals surface area contributed by atoms with Gasteiger partial charge in [-0.25, -0.2) is 13.6 Å². The minimum Gasteiger partial charge on any atom is -0.480 e. The van der Waals surface area contributed by atoms with E-state index in [1.807, 2.05) is 24.3 Å². The maximum atomic E-state index is 15.2. The highest BCUT2D eigenvalue weighted by Gasteiger charge is 2.46. The fourth-order valence-electron chi connectivity index (χ4n) is 6.02. The van der Waals surface area contributed by atoms with Crippen molar-refractivity contribution in [3.63, 3.8) is 0 Å². The lowest BCUT2D eigenvalue weighted by Crippen LogP contribution is -2.53. The van der Waals surface area contributed by atoms with Crippen LogP contribution in [0.2, 0.25) is 0 Å². The number of nitrogens with zero attached hydrogens (tertiary/aromatic N) is 3. The molecule has 14 heteroatoms. The molecule has 0 saturated carbocycles. The highest BCUT2D eigenvalue weighted by atomic mass is 19.4. The number of hydrogen-bond donors (Lipinski definition) is 2. The van der Waals surface area contributed by atoms with Crippen molar-refractivity contribution < 1.29 is 41.4 Å². The second-order valence-corrected chi connectivity index (χ2v) is 11.3. The van der Waals surface area contributed by atoms with Crippen molar-refractivity contribution in [1.29, 1.82) is 0 Å². The van der Waals surface area contributed by atoms with E-state index < -0.39 is 59.6 Å². The lowest BCUT2D eigenvalue weighted by molar-refractivity contribution is -0.167. The number of amides is 1. The number of aromatic nitrogens is 2. The Morgan fingerprint density at radius 1 is 1.04 bits per heavy atom. The summed E-state index contributed by atoms with van der Waals surface area (Å²) in [5.41, 5.74) is 0.533. The Bertz CT molecular complexity index is 2110. The van der Waals surface area contributed by atoms with Gasteiger partial charge in [0, 0.05) is 48.4 Å². The normalized spacial score (nSPS) is 15.9. The van der Waals surface area contributed by atoms with Crippen molar-refractivity contribution in [1.82, 2.24) is 14.9 Å². The van der Waals surface area contributed by atoms with E-state index in [2.05, 4.69) is 10.3 Å². The standard InChI is InChI=1S/C34H27F5N4O5/c1-42-27-7-3-2-5-19(27)13-23(32(42)45)22-9-8-18(21-6-4-10-40-30(21)22)14-26(33(46)47)41-31(44)29-24(35)15-20(16-25(29)36)43-11-12-48-17-28(43)34(37,38)39/h2-10,13,15-16,26,28H,11-12,14,17H2,1H3,(H,41,44)(H,46,47)/t26?,28-/m1/s1. The zero-order valence-corrected chi connectivity index (χ0v) is 25.2. The van der Waals surface area contributed by atoms with Gasteiger partial charge in [-0.3, -0.25) is 14.6 Å². The average molecular weight is 667 g/mol. The zero-order chi connectivity index (χ0) is 34.3. The minimum absolute atomic E-state index is 0.109. The summed E-state index contributed by atoms with van der Waals surface area (Å²) in [6.45, 7) is -1.14. The van der Waals surface area contributed by atoms with Crippen LogP contribution in [0.4, 0.5) is 27.6 Å². The highest BCUT2D eigenvalue weighted by Crippen LogP contribution is 2.33. The maximum Gasteiger partial charge on any atom is 0.411 e. The molecule has 1 unspecified atom stereocenters. The molecule has 3 heterocycles. The molecule has 5 aromatic rings. The number of anilines is 1. The van der Waals surface area contributed by atoms with Crippen LogP contribution < -0.4 is 15.8 Å². The van der Waals surface area contributed by atoms with E-state index in [4.69, 9.17) is 4.74 Å². The van der Waals surface area contributed by atoms with Gasteiger partial charge in [0.1, 0.15) is 29.3 Å². The first-order valence-electron chi connectivity index (χ1n) is 14.7. The Balaban J connectivity index is 1.30. The molecule has 3 aromatic carbocycles. The molecule has 1 fully saturated rings. The SMILES string of the molecule is Cn1c(=O)c(-c2ccc(CC(NC(=O)c3c(F)cc(N4CCOC[C@@H]4C(F)(F)F)cc3F)C(=O)O)c3cccnc23)cc2ccccc21. The Morgan fingerprint density at radius 3 is 2.48 bits per heavy atom. The number of carboxylic acids is 1. The number of aliphatic carboxylic acids is 1. The van der Waals surface area contributed by atoms with Gasteiger partial charge in [0.2, 0.25) is 0 Å². The first kappa shape index (κ1) is 32.6. The molecule has 2 aromatic heterocycles. The lowest BCUT2D eigenvalue weighted by atomic mass is 9.95. The van der Waals surface area contributed by atoms with E-state index in [1.165, 1.54) is 10.8 Å². The van der Waals surface area contributed by atoms with Crippen LogP contribution >= 0.6 is 0 Å². The lowest BCUT2D eigenvalue weighted by Gasteiger charge is -2.38. The predicted molar refractivity (Wildman–Crippen MR) is 167 cm³/mol. The van der Waals surface area contributed by atoms with Gasteiger partial charge in [0.25, 0.3) is 11.5 Å². The second kappa shape index (κ2) is 12.7. The number of carbonyl (C=O) groups excluding carboxylic acids is 1. The summed E-state index contributed by atoms with van der Waals surface area (Å²) in [4.78, 5) is 43.9. The molecule has 48 heavy (non-hydrogen) atoms. The summed E-state index contributed by atoms with van der Waals surface area (Å²) in [5, 5.41) is 13.4. The van der Waals surface area contributed by atoms with Crippen molar-refractivity contribution in [2.75, 3.05) is 24.7 Å². The molecule has 0 radical (unpaired) electrons. The third kappa shape index (κ3) is 6.06. The van der Waals surface area contributed by atoms with Crippen LogP contribution in [0.25, 0.3) is 32.9 Å². The van der Waals surface area contributed by atoms with Crippen molar-refractivity contribution >= 4 is 39.4 Å². The summed E-state index contributed by atoms with van der Waals surface area (Å²) in [6, 6.07) is 13.0. The summed E-state index contributed by atoms with van der Waals surface area (Å²) in [7, 11) is 1.65. The molecule has 0 aliphatic carbocycles. The third-order valence-electron chi connectivity index (χ3n) is 8.40. The monoisotopic (exact) mass is 666 g/mol. The van der Waals surface area contributed by atoms with Gasteiger partial charge >= 0.3 is 12.1 Å². The van der Waals surface area contributed by atoms with Gasteiger partial charge in [-0.05, 0) is 41.3 Å². The number of alkyl halides is 3. The number of hydrogen-bond acceptors (Lipinski definition) is 6. The number of ether oxygens (including phenoxy) is 1. The molecule has 1 saturated heterocycles. The average Bonchev–Trinajstić information content (AvgIpc) is 3.05. The predicted octanol–water partition coefficient (Wildman–Crippen LogP) is 5.23. The van der Waals surface area contributed by atoms with Gasteiger partial charge < -0.3 is 24.6 Å². The first-order chi connectivity index (χ1) is 22.8. The Labute approximate surface area is 269 Å². The smallest absolute Gasteiger partial charge is 0.411 e. The van der Waals surface area contributed by atoms with E-state index in [1.54, 1.807) is 37.4 Å². The van der Waals surface area contributed by atoms with Crippen molar-refractivity contribution in [3.8, 4) is 11.1 Å². The number of para-hydroxylation sites is 1. The Kier molecular flexibility index (Phi) is 8.60. The molecule has 248 valence electrons. The molecule has 1 aliphatic rings. The number of carboxylic acid groups (broad SMARTS) is 1. The number of pyridine rings is 2. The fourth-order valence-corrected chi connectivity index (χ4v) is 6.02. The number of carbonyl (C=O) groups is 2. The van der Waals surface area contributed by atoms with Crippen LogP contribution in [0.3, 0.4) is 0 Å². The number of aryl methyl sites for hydroxylation is 1. The van der Waals surface area contributed by atoms with Crippen molar-refractivity contribution in [2.45, 2.75) is 24.7 Å². The maximum absolute atomic E-state index is 15.2. The van der Waals surface area contributed by atoms with Crippen LogP contribution in [-0.4, -0.2) is 64.6 Å².